The van der Waals surface area contributed by atoms with Crippen molar-refractivity contribution < 1.29 is 0 Å². The second-order valence-electron chi connectivity index (χ2n) is 5.37. The van der Waals surface area contributed by atoms with Gasteiger partial charge in [-0.25, -0.2) is 4.98 Å². The molecule has 2 aromatic rings. The van der Waals surface area contributed by atoms with Gasteiger partial charge in [0.15, 0.2) is 5.82 Å². The maximum atomic E-state index is 4.83. The van der Waals surface area contributed by atoms with Gasteiger partial charge in [0.1, 0.15) is 5.65 Å². The molecule has 0 bridgehead atoms. The summed E-state index contributed by atoms with van der Waals surface area (Å²) in [4.78, 5) is 7.19. The second-order valence-corrected chi connectivity index (χ2v) is 5.37. The molecule has 20 heavy (non-hydrogen) atoms. The van der Waals surface area contributed by atoms with Crippen molar-refractivity contribution in [1.82, 2.24) is 14.7 Å². The van der Waals surface area contributed by atoms with Crippen LogP contribution in [0.2, 0.25) is 0 Å². The molecule has 0 spiro atoms. The molecule has 4 heteroatoms. The first kappa shape index (κ1) is 14.9. The van der Waals surface area contributed by atoms with Gasteiger partial charge in [-0.2, -0.15) is 0 Å². The highest BCUT2D eigenvalue weighted by atomic mass is 15.2. The van der Waals surface area contributed by atoms with Crippen LogP contribution in [0.1, 0.15) is 39.8 Å². The molecular weight excluding hydrogens is 248 g/mol. The highest BCUT2D eigenvalue weighted by Crippen LogP contribution is 2.23. The summed E-state index contributed by atoms with van der Waals surface area (Å²) in [6.07, 6.45) is 3.25. The average Bonchev–Trinajstić information content (AvgIpc) is 2.78. The lowest BCUT2D eigenvalue weighted by molar-refractivity contribution is 0.646. The lowest BCUT2D eigenvalue weighted by Gasteiger charge is -2.26. The third kappa shape index (κ3) is 2.96. The Bertz CT molecular complexity index is 544. The quantitative estimate of drug-likeness (QED) is 0.788. The summed E-state index contributed by atoms with van der Waals surface area (Å²) in [5.74, 6) is 1.11. The third-order valence-corrected chi connectivity index (χ3v) is 3.56. The molecule has 2 rings (SSSR count). The van der Waals surface area contributed by atoms with E-state index in [1.54, 1.807) is 0 Å². The number of nitrogens with zero attached hydrogens (tertiary/aromatic N) is 3. The molecule has 0 aliphatic rings. The number of aromatic nitrogens is 2. The van der Waals surface area contributed by atoms with Gasteiger partial charge in [-0.3, -0.25) is 0 Å². The first-order chi connectivity index (χ1) is 9.69. The molecular formula is C16H26N4. The van der Waals surface area contributed by atoms with E-state index < -0.39 is 0 Å². The van der Waals surface area contributed by atoms with E-state index in [-0.39, 0.29) is 0 Å². The fourth-order valence-electron chi connectivity index (χ4n) is 2.57. The predicted octanol–water partition coefficient (Wildman–Crippen LogP) is 3.07. The maximum absolute atomic E-state index is 4.83. The van der Waals surface area contributed by atoms with E-state index in [0.29, 0.717) is 6.04 Å². The number of anilines is 1. The van der Waals surface area contributed by atoms with E-state index in [2.05, 4.69) is 60.6 Å². The summed E-state index contributed by atoms with van der Waals surface area (Å²) in [6.45, 7) is 11.7. The van der Waals surface area contributed by atoms with Crippen LogP contribution < -0.4 is 10.2 Å². The van der Waals surface area contributed by atoms with Crippen LogP contribution in [-0.4, -0.2) is 28.5 Å². The second kappa shape index (κ2) is 6.75. The number of hydrogen-bond acceptors (Lipinski definition) is 3. The zero-order valence-corrected chi connectivity index (χ0v) is 13.1. The van der Waals surface area contributed by atoms with Crippen molar-refractivity contribution in [2.45, 2.75) is 46.7 Å². The van der Waals surface area contributed by atoms with Gasteiger partial charge in [-0.05, 0) is 45.9 Å². The molecule has 0 unspecified atom stereocenters. The smallest absolute Gasteiger partial charge is 0.152 e. The van der Waals surface area contributed by atoms with Gasteiger partial charge in [0, 0.05) is 25.3 Å². The highest BCUT2D eigenvalue weighted by Gasteiger charge is 2.18. The Kier molecular flexibility index (Phi) is 5.01. The monoisotopic (exact) mass is 274 g/mol. The summed E-state index contributed by atoms with van der Waals surface area (Å²) in [5.41, 5.74) is 2.28. The molecule has 0 fully saturated rings. The number of imidazole rings is 1. The molecule has 0 radical (unpaired) electrons. The van der Waals surface area contributed by atoms with Crippen molar-refractivity contribution in [3.63, 3.8) is 0 Å². The van der Waals surface area contributed by atoms with Crippen molar-refractivity contribution in [3.05, 3.63) is 30.1 Å². The number of pyridine rings is 1. The van der Waals surface area contributed by atoms with Gasteiger partial charge >= 0.3 is 0 Å². The van der Waals surface area contributed by atoms with E-state index in [9.17, 15) is 0 Å². The molecule has 0 atom stereocenters. The molecule has 0 aliphatic heterocycles. The molecule has 0 amide bonds. The standard InChI is InChI=1S/C16H26N4/c1-5-10-17-12-14-16(19(6-2)13(3)4)18-15-9-7-8-11-20(14)15/h7-9,11,13,17H,5-6,10,12H2,1-4H3. The summed E-state index contributed by atoms with van der Waals surface area (Å²) in [6, 6.07) is 6.63. The fourth-order valence-corrected chi connectivity index (χ4v) is 2.57. The summed E-state index contributed by atoms with van der Waals surface area (Å²) in [7, 11) is 0. The molecule has 1 N–H and O–H groups in total. The average molecular weight is 274 g/mol. The van der Waals surface area contributed by atoms with Crippen molar-refractivity contribution >= 4 is 11.5 Å². The molecule has 0 aromatic carbocycles. The SMILES string of the molecule is CCCNCc1c(N(CC)C(C)C)nc2ccccn12. The zero-order chi connectivity index (χ0) is 14.5. The summed E-state index contributed by atoms with van der Waals surface area (Å²) < 4.78 is 2.20. The normalized spacial score (nSPS) is 11.4. The zero-order valence-electron chi connectivity index (χ0n) is 13.1. The van der Waals surface area contributed by atoms with Crippen molar-refractivity contribution in [1.29, 1.82) is 0 Å². The first-order valence-electron chi connectivity index (χ1n) is 7.62. The largest absolute Gasteiger partial charge is 0.353 e. The first-order valence-corrected chi connectivity index (χ1v) is 7.62. The van der Waals surface area contributed by atoms with E-state index in [0.717, 1.165) is 37.5 Å². The number of nitrogens with one attached hydrogen (secondary N) is 1. The van der Waals surface area contributed by atoms with Gasteiger partial charge < -0.3 is 14.6 Å². The Morgan fingerprint density at radius 3 is 2.75 bits per heavy atom. The summed E-state index contributed by atoms with van der Waals surface area (Å²) in [5, 5.41) is 3.50. The molecule has 110 valence electrons. The Morgan fingerprint density at radius 2 is 2.10 bits per heavy atom. The van der Waals surface area contributed by atoms with E-state index in [1.165, 1.54) is 5.69 Å². The number of rotatable bonds is 7. The van der Waals surface area contributed by atoms with E-state index >= 15 is 0 Å². The minimum absolute atomic E-state index is 0.454. The van der Waals surface area contributed by atoms with Crippen LogP contribution >= 0.6 is 0 Å². The molecule has 0 saturated carbocycles. The van der Waals surface area contributed by atoms with Crippen LogP contribution in [0.15, 0.2) is 24.4 Å². The van der Waals surface area contributed by atoms with Crippen molar-refractivity contribution in [2.24, 2.45) is 0 Å². The Hall–Kier alpha value is -1.55. The number of hydrogen-bond donors (Lipinski definition) is 1. The van der Waals surface area contributed by atoms with Gasteiger partial charge in [0.2, 0.25) is 0 Å². The fraction of sp³-hybridized carbons (Fsp3) is 0.562. The minimum Gasteiger partial charge on any atom is -0.353 e. The van der Waals surface area contributed by atoms with Crippen LogP contribution in [-0.2, 0) is 6.54 Å². The van der Waals surface area contributed by atoms with Crippen LogP contribution in [0, 0.1) is 0 Å². The Balaban J connectivity index is 2.42. The van der Waals surface area contributed by atoms with Gasteiger partial charge in [-0.15, -0.1) is 0 Å². The highest BCUT2D eigenvalue weighted by molar-refractivity contribution is 5.56. The molecule has 2 aromatic heterocycles. The van der Waals surface area contributed by atoms with Crippen molar-refractivity contribution in [3.8, 4) is 0 Å². The Labute approximate surface area is 121 Å². The third-order valence-electron chi connectivity index (χ3n) is 3.56. The minimum atomic E-state index is 0.454. The summed E-state index contributed by atoms with van der Waals surface area (Å²) >= 11 is 0. The van der Waals surface area contributed by atoms with Crippen LogP contribution in [0.3, 0.4) is 0 Å². The van der Waals surface area contributed by atoms with Gasteiger partial charge in [0.25, 0.3) is 0 Å². The van der Waals surface area contributed by atoms with Gasteiger partial charge in [-0.1, -0.05) is 13.0 Å². The molecule has 0 saturated heterocycles. The molecule has 0 aliphatic carbocycles. The lowest BCUT2D eigenvalue weighted by Crippen LogP contribution is -2.32. The van der Waals surface area contributed by atoms with E-state index in [1.807, 2.05) is 6.07 Å². The maximum Gasteiger partial charge on any atom is 0.152 e. The van der Waals surface area contributed by atoms with Gasteiger partial charge in [0.05, 0.1) is 5.69 Å². The predicted molar refractivity (Wildman–Crippen MR) is 85.3 cm³/mol. The van der Waals surface area contributed by atoms with Crippen molar-refractivity contribution in [2.75, 3.05) is 18.0 Å². The van der Waals surface area contributed by atoms with Crippen LogP contribution in [0.4, 0.5) is 5.82 Å². The molecule has 2 heterocycles. The Morgan fingerprint density at radius 1 is 1.30 bits per heavy atom. The topological polar surface area (TPSA) is 32.6 Å². The lowest BCUT2D eigenvalue weighted by atomic mass is 10.3. The van der Waals surface area contributed by atoms with Crippen LogP contribution in [0.25, 0.3) is 5.65 Å². The molecule has 4 nitrogen and oxygen atoms in total. The van der Waals surface area contributed by atoms with E-state index in [4.69, 9.17) is 4.98 Å². The number of fused-ring (bicyclic) bond motifs is 1. The van der Waals surface area contributed by atoms with Crippen LogP contribution in [0.5, 0.6) is 0 Å².